The first-order valence-electron chi connectivity index (χ1n) is 6.62. The molecule has 20 heavy (non-hydrogen) atoms. The first-order chi connectivity index (χ1) is 9.63. The van der Waals surface area contributed by atoms with Crippen molar-refractivity contribution in [1.82, 2.24) is 4.90 Å². The van der Waals surface area contributed by atoms with Crippen LogP contribution in [0.4, 0.5) is 5.69 Å². The zero-order chi connectivity index (χ0) is 14.5. The molecule has 1 atom stereocenters. The molecule has 1 saturated heterocycles. The molecular weight excluding hydrogens is 280 g/mol. The number of ether oxygens (including phenoxy) is 1. The third-order valence-corrected chi connectivity index (χ3v) is 3.73. The Morgan fingerprint density at radius 1 is 1.60 bits per heavy atom. The van der Waals surface area contributed by atoms with E-state index in [4.69, 9.17) is 16.3 Å². The number of aliphatic hydroxyl groups excluding tert-OH is 1. The molecule has 1 aliphatic rings. The summed E-state index contributed by atoms with van der Waals surface area (Å²) in [6.45, 7) is 1.19. The smallest absolute Gasteiger partial charge is 0.238 e. The van der Waals surface area contributed by atoms with Gasteiger partial charge in [0.25, 0.3) is 0 Å². The van der Waals surface area contributed by atoms with Crippen molar-refractivity contribution in [3.05, 3.63) is 23.2 Å². The molecule has 2 rings (SSSR count). The van der Waals surface area contributed by atoms with Crippen LogP contribution in [-0.2, 0) is 4.79 Å². The van der Waals surface area contributed by atoms with E-state index < -0.39 is 0 Å². The van der Waals surface area contributed by atoms with Crippen LogP contribution < -0.4 is 10.1 Å². The summed E-state index contributed by atoms with van der Waals surface area (Å²) in [5.41, 5.74) is 0.560. The molecule has 0 bridgehead atoms. The SMILES string of the molecule is COc1ccc(Cl)cc1NC(=O)CN1CCC[C@@H]1CO. The van der Waals surface area contributed by atoms with Gasteiger partial charge in [0.05, 0.1) is 25.9 Å². The quantitative estimate of drug-likeness (QED) is 0.869. The van der Waals surface area contributed by atoms with Crippen LogP contribution in [0.3, 0.4) is 0 Å². The van der Waals surface area contributed by atoms with E-state index in [-0.39, 0.29) is 25.1 Å². The van der Waals surface area contributed by atoms with Crippen LogP contribution in [0.25, 0.3) is 0 Å². The average molecular weight is 299 g/mol. The standard InChI is InChI=1S/C14H19ClN2O3/c1-20-13-5-4-10(15)7-12(13)16-14(19)8-17-6-2-3-11(17)9-18/h4-5,7,11,18H,2-3,6,8-9H2,1H3,(H,16,19)/t11-/m1/s1. The maximum absolute atomic E-state index is 12.1. The van der Waals surface area contributed by atoms with Crippen molar-refractivity contribution in [2.24, 2.45) is 0 Å². The van der Waals surface area contributed by atoms with Crippen LogP contribution in [0.5, 0.6) is 5.75 Å². The van der Waals surface area contributed by atoms with E-state index in [0.717, 1.165) is 19.4 Å². The summed E-state index contributed by atoms with van der Waals surface area (Å²) in [6.07, 6.45) is 1.95. The second-order valence-corrected chi connectivity index (χ2v) is 5.28. The predicted molar refractivity (Wildman–Crippen MR) is 78.3 cm³/mol. The number of aliphatic hydroxyl groups is 1. The van der Waals surface area contributed by atoms with E-state index in [2.05, 4.69) is 5.32 Å². The Morgan fingerprint density at radius 3 is 3.10 bits per heavy atom. The number of rotatable bonds is 5. The number of carbonyl (C=O) groups excluding carboxylic acids is 1. The van der Waals surface area contributed by atoms with Gasteiger partial charge < -0.3 is 15.2 Å². The summed E-state index contributed by atoms with van der Waals surface area (Å²) in [6, 6.07) is 5.16. The van der Waals surface area contributed by atoms with Gasteiger partial charge in [-0.05, 0) is 37.6 Å². The molecule has 1 aromatic rings. The molecule has 6 heteroatoms. The van der Waals surface area contributed by atoms with Crippen molar-refractivity contribution in [1.29, 1.82) is 0 Å². The van der Waals surface area contributed by atoms with Crippen molar-refractivity contribution in [3.8, 4) is 5.75 Å². The van der Waals surface area contributed by atoms with Gasteiger partial charge >= 0.3 is 0 Å². The topological polar surface area (TPSA) is 61.8 Å². The molecular formula is C14H19ClN2O3. The first-order valence-corrected chi connectivity index (χ1v) is 7.00. The molecule has 0 radical (unpaired) electrons. The Bertz CT molecular complexity index is 481. The summed E-state index contributed by atoms with van der Waals surface area (Å²) in [5, 5.41) is 12.6. The number of methoxy groups -OCH3 is 1. The van der Waals surface area contributed by atoms with Crippen molar-refractivity contribution in [2.45, 2.75) is 18.9 Å². The molecule has 1 fully saturated rings. The van der Waals surface area contributed by atoms with E-state index in [9.17, 15) is 9.90 Å². The molecule has 1 aliphatic heterocycles. The fourth-order valence-electron chi connectivity index (χ4n) is 2.46. The van der Waals surface area contributed by atoms with Crippen molar-refractivity contribution in [3.63, 3.8) is 0 Å². The van der Waals surface area contributed by atoms with Gasteiger partial charge in [-0.25, -0.2) is 0 Å². The van der Waals surface area contributed by atoms with E-state index in [1.165, 1.54) is 0 Å². The minimum absolute atomic E-state index is 0.0852. The number of halogens is 1. The molecule has 0 spiro atoms. The summed E-state index contributed by atoms with van der Waals surface area (Å²) >= 11 is 5.92. The van der Waals surface area contributed by atoms with E-state index >= 15 is 0 Å². The third kappa shape index (κ3) is 3.62. The van der Waals surface area contributed by atoms with Gasteiger partial charge in [-0.1, -0.05) is 11.6 Å². The van der Waals surface area contributed by atoms with Gasteiger partial charge in [0.15, 0.2) is 0 Å². The average Bonchev–Trinajstić information content (AvgIpc) is 2.86. The molecule has 5 nitrogen and oxygen atoms in total. The number of amides is 1. The molecule has 0 unspecified atom stereocenters. The van der Waals surface area contributed by atoms with Crippen LogP contribution >= 0.6 is 11.6 Å². The minimum atomic E-state index is -0.133. The van der Waals surface area contributed by atoms with Crippen molar-refractivity contribution in [2.75, 3.05) is 32.1 Å². The molecule has 110 valence electrons. The summed E-state index contributed by atoms with van der Waals surface area (Å²) in [7, 11) is 1.54. The molecule has 2 N–H and O–H groups in total. The van der Waals surface area contributed by atoms with Gasteiger partial charge in [0.2, 0.25) is 5.91 Å². The van der Waals surface area contributed by atoms with E-state index in [0.29, 0.717) is 16.5 Å². The van der Waals surface area contributed by atoms with Gasteiger partial charge in [0.1, 0.15) is 5.75 Å². The largest absolute Gasteiger partial charge is 0.495 e. The number of hydrogen-bond donors (Lipinski definition) is 2. The molecule has 1 amide bonds. The lowest BCUT2D eigenvalue weighted by Gasteiger charge is -2.22. The number of nitrogens with zero attached hydrogens (tertiary/aromatic N) is 1. The number of likely N-dealkylation sites (tertiary alicyclic amines) is 1. The number of benzene rings is 1. The van der Waals surface area contributed by atoms with Crippen LogP contribution in [0, 0.1) is 0 Å². The van der Waals surface area contributed by atoms with Gasteiger partial charge in [-0.15, -0.1) is 0 Å². The lowest BCUT2D eigenvalue weighted by molar-refractivity contribution is -0.117. The minimum Gasteiger partial charge on any atom is -0.495 e. The maximum atomic E-state index is 12.1. The van der Waals surface area contributed by atoms with Crippen LogP contribution in [0.2, 0.25) is 5.02 Å². The lowest BCUT2D eigenvalue weighted by Crippen LogP contribution is -2.38. The maximum Gasteiger partial charge on any atom is 0.238 e. The van der Waals surface area contributed by atoms with Gasteiger partial charge in [0, 0.05) is 11.1 Å². The highest BCUT2D eigenvalue weighted by Crippen LogP contribution is 2.27. The normalized spacial score (nSPS) is 19.1. The molecule has 1 aromatic carbocycles. The zero-order valence-corrected chi connectivity index (χ0v) is 12.2. The number of hydrogen-bond acceptors (Lipinski definition) is 4. The summed E-state index contributed by atoms with van der Waals surface area (Å²) < 4.78 is 5.19. The highest BCUT2D eigenvalue weighted by Gasteiger charge is 2.25. The Labute approximate surface area is 123 Å². The highest BCUT2D eigenvalue weighted by atomic mass is 35.5. The third-order valence-electron chi connectivity index (χ3n) is 3.49. The first kappa shape index (κ1) is 15.1. The van der Waals surface area contributed by atoms with Crippen molar-refractivity contribution >= 4 is 23.2 Å². The van der Waals surface area contributed by atoms with E-state index in [1.807, 2.05) is 4.90 Å². The van der Waals surface area contributed by atoms with Crippen molar-refractivity contribution < 1.29 is 14.6 Å². The number of anilines is 1. The number of nitrogens with one attached hydrogen (secondary N) is 1. The predicted octanol–water partition coefficient (Wildman–Crippen LogP) is 1.74. The number of carbonyl (C=O) groups is 1. The molecule has 0 saturated carbocycles. The van der Waals surface area contributed by atoms with Gasteiger partial charge in [-0.2, -0.15) is 0 Å². The highest BCUT2D eigenvalue weighted by molar-refractivity contribution is 6.31. The second kappa shape index (κ2) is 6.92. The molecule has 0 aliphatic carbocycles. The molecule has 1 heterocycles. The summed E-state index contributed by atoms with van der Waals surface area (Å²) in [5.74, 6) is 0.439. The summed E-state index contributed by atoms with van der Waals surface area (Å²) in [4.78, 5) is 14.1. The zero-order valence-electron chi connectivity index (χ0n) is 11.4. The van der Waals surface area contributed by atoms with Gasteiger partial charge in [-0.3, -0.25) is 9.69 Å². The van der Waals surface area contributed by atoms with Crippen LogP contribution in [-0.4, -0.2) is 48.8 Å². The Morgan fingerprint density at radius 2 is 2.40 bits per heavy atom. The fourth-order valence-corrected chi connectivity index (χ4v) is 2.63. The lowest BCUT2D eigenvalue weighted by atomic mass is 10.2. The Balaban J connectivity index is 1.99. The second-order valence-electron chi connectivity index (χ2n) is 4.84. The van der Waals surface area contributed by atoms with Crippen LogP contribution in [0.15, 0.2) is 18.2 Å². The van der Waals surface area contributed by atoms with E-state index in [1.54, 1.807) is 25.3 Å². The van der Waals surface area contributed by atoms with Crippen LogP contribution in [0.1, 0.15) is 12.8 Å². The fraction of sp³-hybridized carbons (Fsp3) is 0.500. The Kier molecular flexibility index (Phi) is 5.23. The molecule has 0 aromatic heterocycles. The monoisotopic (exact) mass is 298 g/mol. The Hall–Kier alpha value is -1.30.